The van der Waals surface area contributed by atoms with Gasteiger partial charge in [0.2, 0.25) is 0 Å². The molecule has 0 aliphatic heterocycles. The standard InChI is InChI=1S/C16H21N3O/c1-13-9-15(10-17)11-18-16(13)19(7-8-20)12-14-5-3-2-4-6-14/h2-6,9,11,20H,7-8,10,12,17H2,1H3. The van der Waals surface area contributed by atoms with Gasteiger partial charge in [-0.2, -0.15) is 0 Å². The SMILES string of the molecule is Cc1cc(CN)cnc1N(CCO)Cc1ccccc1. The first-order valence-electron chi connectivity index (χ1n) is 6.80. The Morgan fingerprint density at radius 3 is 2.55 bits per heavy atom. The van der Waals surface area contributed by atoms with Crippen molar-refractivity contribution in [3.63, 3.8) is 0 Å². The molecule has 106 valence electrons. The van der Waals surface area contributed by atoms with E-state index in [1.807, 2.05) is 25.1 Å². The van der Waals surface area contributed by atoms with Crippen molar-refractivity contribution in [1.29, 1.82) is 0 Å². The summed E-state index contributed by atoms with van der Waals surface area (Å²) in [5.74, 6) is 0.903. The first-order chi connectivity index (χ1) is 9.74. The summed E-state index contributed by atoms with van der Waals surface area (Å²) in [5, 5.41) is 9.28. The summed E-state index contributed by atoms with van der Waals surface area (Å²) < 4.78 is 0. The van der Waals surface area contributed by atoms with Gasteiger partial charge in [0.15, 0.2) is 0 Å². The third-order valence-electron chi connectivity index (χ3n) is 3.23. The van der Waals surface area contributed by atoms with Crippen LogP contribution in [0.5, 0.6) is 0 Å². The van der Waals surface area contributed by atoms with Gasteiger partial charge in [0.25, 0.3) is 0 Å². The molecule has 0 bridgehead atoms. The third-order valence-corrected chi connectivity index (χ3v) is 3.23. The van der Waals surface area contributed by atoms with E-state index in [0.717, 1.165) is 23.5 Å². The smallest absolute Gasteiger partial charge is 0.131 e. The fraction of sp³-hybridized carbons (Fsp3) is 0.312. The quantitative estimate of drug-likeness (QED) is 0.841. The van der Waals surface area contributed by atoms with Crippen molar-refractivity contribution in [2.75, 3.05) is 18.1 Å². The summed E-state index contributed by atoms with van der Waals surface area (Å²) in [7, 11) is 0. The molecule has 1 aromatic heterocycles. The van der Waals surface area contributed by atoms with E-state index in [1.165, 1.54) is 5.56 Å². The van der Waals surface area contributed by atoms with Crippen LogP contribution in [-0.2, 0) is 13.1 Å². The second-order valence-electron chi connectivity index (χ2n) is 4.82. The van der Waals surface area contributed by atoms with Crippen LogP contribution in [0, 0.1) is 6.92 Å². The molecule has 0 unspecified atom stereocenters. The van der Waals surface area contributed by atoms with Gasteiger partial charge in [0, 0.05) is 25.8 Å². The van der Waals surface area contributed by atoms with E-state index in [2.05, 4.69) is 28.1 Å². The summed E-state index contributed by atoms with van der Waals surface area (Å²) in [5.41, 5.74) is 8.94. The lowest BCUT2D eigenvalue weighted by molar-refractivity contribution is 0.301. The molecule has 4 heteroatoms. The van der Waals surface area contributed by atoms with Gasteiger partial charge in [0.1, 0.15) is 5.82 Å². The van der Waals surface area contributed by atoms with Gasteiger partial charge in [-0.25, -0.2) is 4.98 Å². The van der Waals surface area contributed by atoms with Gasteiger partial charge >= 0.3 is 0 Å². The third kappa shape index (κ3) is 3.56. The second-order valence-corrected chi connectivity index (χ2v) is 4.82. The van der Waals surface area contributed by atoms with E-state index in [9.17, 15) is 5.11 Å². The van der Waals surface area contributed by atoms with Crippen LogP contribution in [-0.4, -0.2) is 23.2 Å². The Morgan fingerprint density at radius 1 is 1.20 bits per heavy atom. The molecular weight excluding hydrogens is 250 g/mol. The lowest BCUT2D eigenvalue weighted by Gasteiger charge is -2.25. The van der Waals surface area contributed by atoms with Crippen molar-refractivity contribution in [3.05, 3.63) is 59.3 Å². The van der Waals surface area contributed by atoms with E-state index in [1.54, 1.807) is 6.20 Å². The minimum absolute atomic E-state index is 0.104. The molecule has 0 aliphatic carbocycles. The normalized spacial score (nSPS) is 10.6. The van der Waals surface area contributed by atoms with Crippen molar-refractivity contribution in [3.8, 4) is 0 Å². The number of anilines is 1. The van der Waals surface area contributed by atoms with Crippen molar-refractivity contribution in [2.45, 2.75) is 20.0 Å². The molecule has 0 spiro atoms. The fourth-order valence-electron chi connectivity index (χ4n) is 2.25. The number of hydrogen-bond donors (Lipinski definition) is 2. The molecule has 1 heterocycles. The maximum Gasteiger partial charge on any atom is 0.131 e. The number of nitrogens with zero attached hydrogens (tertiary/aromatic N) is 2. The minimum Gasteiger partial charge on any atom is -0.395 e. The zero-order valence-electron chi connectivity index (χ0n) is 11.8. The summed E-state index contributed by atoms with van der Waals surface area (Å²) in [6.07, 6.45) is 1.80. The fourth-order valence-corrected chi connectivity index (χ4v) is 2.25. The van der Waals surface area contributed by atoms with Crippen LogP contribution in [0.2, 0.25) is 0 Å². The molecule has 0 amide bonds. The summed E-state index contributed by atoms with van der Waals surface area (Å²) in [4.78, 5) is 6.59. The van der Waals surface area contributed by atoms with Crippen molar-refractivity contribution >= 4 is 5.82 Å². The molecular formula is C16H21N3O. The molecule has 0 fully saturated rings. The van der Waals surface area contributed by atoms with Crippen molar-refractivity contribution < 1.29 is 5.11 Å². The Morgan fingerprint density at radius 2 is 1.95 bits per heavy atom. The molecule has 2 aromatic rings. The number of aliphatic hydroxyl groups is 1. The number of aliphatic hydroxyl groups excluding tert-OH is 1. The molecule has 2 rings (SSSR count). The van der Waals surface area contributed by atoms with E-state index >= 15 is 0 Å². The molecule has 0 aliphatic rings. The Bertz CT molecular complexity index is 543. The van der Waals surface area contributed by atoms with Gasteiger partial charge in [-0.15, -0.1) is 0 Å². The van der Waals surface area contributed by atoms with Crippen LogP contribution >= 0.6 is 0 Å². The lowest BCUT2D eigenvalue weighted by atomic mass is 10.1. The lowest BCUT2D eigenvalue weighted by Crippen LogP contribution is -2.27. The largest absolute Gasteiger partial charge is 0.395 e. The second kappa shape index (κ2) is 7.03. The number of aryl methyl sites for hydroxylation is 1. The van der Waals surface area contributed by atoms with E-state index in [0.29, 0.717) is 13.1 Å². The number of rotatable bonds is 6. The highest BCUT2D eigenvalue weighted by Gasteiger charge is 2.11. The van der Waals surface area contributed by atoms with Gasteiger partial charge < -0.3 is 15.7 Å². The van der Waals surface area contributed by atoms with Crippen LogP contribution < -0.4 is 10.6 Å². The predicted octanol–water partition coefficient (Wildman–Crippen LogP) is 1.85. The minimum atomic E-state index is 0.104. The number of hydrogen-bond acceptors (Lipinski definition) is 4. The van der Waals surface area contributed by atoms with E-state index in [4.69, 9.17) is 5.73 Å². The topological polar surface area (TPSA) is 62.4 Å². The molecule has 20 heavy (non-hydrogen) atoms. The first-order valence-corrected chi connectivity index (χ1v) is 6.80. The number of nitrogens with two attached hydrogens (primary N) is 1. The van der Waals surface area contributed by atoms with Gasteiger partial charge in [-0.05, 0) is 29.7 Å². The number of aromatic nitrogens is 1. The zero-order chi connectivity index (χ0) is 14.4. The highest BCUT2D eigenvalue weighted by molar-refractivity contribution is 5.48. The Balaban J connectivity index is 2.24. The van der Waals surface area contributed by atoms with E-state index in [-0.39, 0.29) is 6.61 Å². The molecule has 3 N–H and O–H groups in total. The molecule has 0 atom stereocenters. The van der Waals surface area contributed by atoms with Crippen LogP contribution in [0.25, 0.3) is 0 Å². The Kier molecular flexibility index (Phi) is 5.09. The maximum absolute atomic E-state index is 9.28. The highest BCUT2D eigenvalue weighted by Crippen LogP contribution is 2.20. The van der Waals surface area contributed by atoms with Gasteiger partial charge in [-0.3, -0.25) is 0 Å². The van der Waals surface area contributed by atoms with Crippen LogP contribution in [0.15, 0.2) is 42.6 Å². The average molecular weight is 271 g/mol. The van der Waals surface area contributed by atoms with Crippen molar-refractivity contribution in [2.24, 2.45) is 5.73 Å². The first kappa shape index (κ1) is 14.5. The van der Waals surface area contributed by atoms with Gasteiger partial charge in [0.05, 0.1) is 6.61 Å². The molecule has 0 saturated heterocycles. The van der Waals surface area contributed by atoms with Gasteiger partial charge in [-0.1, -0.05) is 30.3 Å². The molecule has 0 radical (unpaired) electrons. The predicted molar refractivity (Wildman–Crippen MR) is 81.4 cm³/mol. The van der Waals surface area contributed by atoms with Crippen molar-refractivity contribution in [1.82, 2.24) is 4.98 Å². The summed E-state index contributed by atoms with van der Waals surface area (Å²) in [6, 6.07) is 12.2. The maximum atomic E-state index is 9.28. The van der Waals surface area contributed by atoms with Crippen LogP contribution in [0.1, 0.15) is 16.7 Å². The molecule has 1 aromatic carbocycles. The van der Waals surface area contributed by atoms with E-state index < -0.39 is 0 Å². The average Bonchev–Trinajstić information content (AvgIpc) is 2.48. The summed E-state index contributed by atoms with van der Waals surface area (Å²) >= 11 is 0. The molecule has 4 nitrogen and oxygen atoms in total. The zero-order valence-corrected chi connectivity index (χ0v) is 11.8. The summed E-state index contributed by atoms with van der Waals surface area (Å²) in [6.45, 7) is 3.91. The van der Waals surface area contributed by atoms with Crippen LogP contribution in [0.4, 0.5) is 5.82 Å². The van der Waals surface area contributed by atoms with Crippen LogP contribution in [0.3, 0.4) is 0 Å². The molecule has 0 saturated carbocycles. The highest BCUT2D eigenvalue weighted by atomic mass is 16.3. The number of benzene rings is 1. The number of pyridine rings is 1. The monoisotopic (exact) mass is 271 g/mol. The Labute approximate surface area is 119 Å². The Hall–Kier alpha value is -1.91.